The fourth-order valence-corrected chi connectivity index (χ4v) is 2.95. The number of ether oxygens (including phenoxy) is 1. The number of methoxy groups -OCH3 is 1. The largest absolute Gasteiger partial charge is 0.497 e. The van der Waals surface area contributed by atoms with E-state index in [1.54, 1.807) is 7.11 Å². The second-order valence-electron chi connectivity index (χ2n) is 5.39. The number of benzene rings is 1. The van der Waals surface area contributed by atoms with Crippen molar-refractivity contribution >= 4 is 0 Å². The molecular formula is C16H21NO2. The van der Waals surface area contributed by atoms with Crippen molar-refractivity contribution in [1.29, 1.82) is 5.26 Å². The maximum absolute atomic E-state index is 10.8. The van der Waals surface area contributed by atoms with Gasteiger partial charge in [-0.05, 0) is 42.5 Å². The molecule has 0 saturated carbocycles. The molecule has 0 saturated heterocycles. The van der Waals surface area contributed by atoms with Crippen molar-refractivity contribution in [3.63, 3.8) is 0 Å². The van der Waals surface area contributed by atoms with Crippen molar-refractivity contribution in [1.82, 2.24) is 0 Å². The highest BCUT2D eigenvalue weighted by molar-refractivity contribution is 5.39. The summed E-state index contributed by atoms with van der Waals surface area (Å²) in [5.74, 6) is 0.531. The molecule has 0 aliphatic heterocycles. The zero-order valence-corrected chi connectivity index (χ0v) is 11.6. The number of aryl methyl sites for hydroxylation is 1. The van der Waals surface area contributed by atoms with E-state index in [-0.39, 0.29) is 5.92 Å². The lowest BCUT2D eigenvalue weighted by atomic mass is 9.72. The van der Waals surface area contributed by atoms with Crippen molar-refractivity contribution in [2.24, 2.45) is 5.92 Å². The van der Waals surface area contributed by atoms with Crippen LogP contribution in [-0.2, 0) is 12.8 Å². The number of hydrogen-bond donors (Lipinski definition) is 1. The summed E-state index contributed by atoms with van der Waals surface area (Å²) in [4.78, 5) is 0. The molecule has 0 spiro atoms. The molecule has 1 N–H and O–H groups in total. The predicted molar refractivity (Wildman–Crippen MR) is 74.0 cm³/mol. The second-order valence-corrected chi connectivity index (χ2v) is 5.39. The molecule has 3 nitrogen and oxygen atoms in total. The van der Waals surface area contributed by atoms with Crippen LogP contribution in [0.5, 0.6) is 5.75 Å². The maximum Gasteiger partial charge on any atom is 0.119 e. The van der Waals surface area contributed by atoms with Crippen molar-refractivity contribution in [2.45, 2.75) is 44.6 Å². The van der Waals surface area contributed by atoms with Gasteiger partial charge in [0, 0.05) is 6.42 Å². The van der Waals surface area contributed by atoms with Crippen LogP contribution in [0.1, 0.15) is 37.3 Å². The van der Waals surface area contributed by atoms with Crippen LogP contribution < -0.4 is 4.74 Å². The molecule has 102 valence electrons. The minimum absolute atomic E-state index is 0.281. The third-order valence-corrected chi connectivity index (χ3v) is 4.12. The quantitative estimate of drug-likeness (QED) is 0.904. The van der Waals surface area contributed by atoms with E-state index in [0.717, 1.165) is 30.6 Å². The number of aliphatic hydroxyl groups is 1. The van der Waals surface area contributed by atoms with Crippen LogP contribution in [0, 0.1) is 17.2 Å². The van der Waals surface area contributed by atoms with E-state index >= 15 is 0 Å². The van der Waals surface area contributed by atoms with Gasteiger partial charge in [0.2, 0.25) is 0 Å². The van der Waals surface area contributed by atoms with Crippen LogP contribution in [0.3, 0.4) is 0 Å². The molecule has 0 heterocycles. The first-order valence-corrected chi connectivity index (χ1v) is 6.90. The number of rotatable bonds is 4. The average Bonchev–Trinajstić information content (AvgIpc) is 2.43. The van der Waals surface area contributed by atoms with Crippen molar-refractivity contribution in [3.8, 4) is 11.8 Å². The van der Waals surface area contributed by atoms with Gasteiger partial charge < -0.3 is 9.84 Å². The van der Waals surface area contributed by atoms with Gasteiger partial charge in [0.25, 0.3) is 0 Å². The van der Waals surface area contributed by atoms with E-state index in [1.807, 2.05) is 19.1 Å². The molecule has 2 unspecified atom stereocenters. The summed E-state index contributed by atoms with van der Waals surface area (Å²) in [5, 5.41) is 20.1. The van der Waals surface area contributed by atoms with Crippen LogP contribution in [0.25, 0.3) is 0 Å². The van der Waals surface area contributed by atoms with Crippen molar-refractivity contribution < 1.29 is 9.84 Å². The van der Waals surface area contributed by atoms with Gasteiger partial charge in [0.15, 0.2) is 0 Å². The molecular weight excluding hydrogens is 238 g/mol. The zero-order chi connectivity index (χ0) is 13.9. The summed E-state index contributed by atoms with van der Waals surface area (Å²) in [5.41, 5.74) is 1.49. The predicted octanol–water partition coefficient (Wildman–Crippen LogP) is 2.85. The molecule has 1 aromatic rings. The highest BCUT2D eigenvalue weighted by Gasteiger charge is 2.39. The number of fused-ring (bicyclic) bond motifs is 1. The van der Waals surface area contributed by atoms with Crippen molar-refractivity contribution in [2.75, 3.05) is 7.11 Å². The molecule has 0 radical (unpaired) electrons. The van der Waals surface area contributed by atoms with E-state index in [0.29, 0.717) is 12.8 Å². The first-order valence-electron chi connectivity index (χ1n) is 6.90. The zero-order valence-electron chi connectivity index (χ0n) is 11.6. The highest BCUT2D eigenvalue weighted by atomic mass is 16.5. The summed E-state index contributed by atoms with van der Waals surface area (Å²) in [6.07, 6.45) is 3.73. The summed E-state index contributed by atoms with van der Waals surface area (Å²) in [6, 6.07) is 8.30. The van der Waals surface area contributed by atoms with Gasteiger partial charge >= 0.3 is 0 Å². The van der Waals surface area contributed by atoms with Gasteiger partial charge in [-0.15, -0.1) is 0 Å². The molecule has 0 aromatic heterocycles. The smallest absolute Gasteiger partial charge is 0.119 e. The molecule has 1 aliphatic rings. The lowest BCUT2D eigenvalue weighted by Crippen LogP contribution is -2.42. The summed E-state index contributed by atoms with van der Waals surface area (Å²) in [7, 11) is 1.64. The Hall–Kier alpha value is -1.53. The van der Waals surface area contributed by atoms with Gasteiger partial charge in [0.05, 0.1) is 24.7 Å². The Bertz CT molecular complexity index is 492. The maximum atomic E-state index is 10.8. The van der Waals surface area contributed by atoms with E-state index in [9.17, 15) is 10.4 Å². The lowest BCUT2D eigenvalue weighted by molar-refractivity contribution is -0.0135. The van der Waals surface area contributed by atoms with Gasteiger partial charge in [-0.25, -0.2) is 0 Å². The Morgan fingerprint density at radius 2 is 2.26 bits per heavy atom. The van der Waals surface area contributed by atoms with E-state index in [2.05, 4.69) is 12.1 Å². The fraction of sp³-hybridized carbons (Fsp3) is 0.562. The lowest BCUT2D eigenvalue weighted by Gasteiger charge is -2.37. The fourth-order valence-electron chi connectivity index (χ4n) is 2.95. The molecule has 3 heteroatoms. The Kier molecular flexibility index (Phi) is 4.11. The first kappa shape index (κ1) is 13.9. The molecule has 0 bridgehead atoms. The summed E-state index contributed by atoms with van der Waals surface area (Å²) in [6.45, 7) is 2.05. The molecule has 1 aromatic carbocycles. The van der Waals surface area contributed by atoms with Gasteiger partial charge in [-0.1, -0.05) is 19.4 Å². The first-order chi connectivity index (χ1) is 9.12. The number of hydrogen-bond acceptors (Lipinski definition) is 3. The van der Waals surface area contributed by atoms with Crippen LogP contribution in [0.4, 0.5) is 0 Å². The topological polar surface area (TPSA) is 53.2 Å². The monoisotopic (exact) mass is 259 g/mol. The average molecular weight is 259 g/mol. The molecule has 19 heavy (non-hydrogen) atoms. The Morgan fingerprint density at radius 1 is 1.47 bits per heavy atom. The molecule has 0 amide bonds. The van der Waals surface area contributed by atoms with E-state index in [1.165, 1.54) is 5.56 Å². The number of nitriles is 1. The summed E-state index contributed by atoms with van der Waals surface area (Å²) < 4.78 is 5.24. The summed E-state index contributed by atoms with van der Waals surface area (Å²) >= 11 is 0. The highest BCUT2D eigenvalue weighted by Crippen LogP contribution is 2.37. The molecule has 2 rings (SSSR count). The van der Waals surface area contributed by atoms with Gasteiger partial charge in [-0.2, -0.15) is 5.26 Å². The molecule has 0 fully saturated rings. The van der Waals surface area contributed by atoms with Crippen LogP contribution in [-0.4, -0.2) is 17.8 Å². The Labute approximate surface area is 114 Å². The molecule has 1 aliphatic carbocycles. The number of nitrogens with zero attached hydrogens (tertiary/aromatic N) is 1. The normalized spacial score (nSPS) is 23.3. The third kappa shape index (κ3) is 2.74. The minimum Gasteiger partial charge on any atom is -0.497 e. The van der Waals surface area contributed by atoms with Crippen LogP contribution in [0.2, 0.25) is 0 Å². The van der Waals surface area contributed by atoms with Gasteiger partial charge in [0.1, 0.15) is 5.75 Å². The Morgan fingerprint density at radius 3 is 2.89 bits per heavy atom. The molecule has 2 atom stereocenters. The second kappa shape index (κ2) is 5.63. The van der Waals surface area contributed by atoms with Crippen LogP contribution >= 0.6 is 0 Å². The Balaban J connectivity index is 2.26. The van der Waals surface area contributed by atoms with Crippen molar-refractivity contribution in [3.05, 3.63) is 29.3 Å². The van der Waals surface area contributed by atoms with Gasteiger partial charge in [-0.3, -0.25) is 0 Å². The SMILES string of the molecule is CCCC(C#N)C1(O)CCc2ccc(OC)cc2C1. The van der Waals surface area contributed by atoms with Crippen LogP contribution in [0.15, 0.2) is 18.2 Å². The van der Waals surface area contributed by atoms with E-state index < -0.39 is 5.60 Å². The standard InChI is InChI=1S/C16H21NO2/c1-3-4-14(11-17)16(18)8-7-12-5-6-15(19-2)9-13(12)10-16/h5-6,9,14,18H,3-4,7-8,10H2,1-2H3. The van der Waals surface area contributed by atoms with E-state index in [4.69, 9.17) is 4.74 Å². The minimum atomic E-state index is -0.885. The third-order valence-electron chi connectivity index (χ3n) is 4.12.